The van der Waals surface area contributed by atoms with Crippen molar-refractivity contribution in [2.75, 3.05) is 10.0 Å². The first kappa shape index (κ1) is 20.1. The Morgan fingerprint density at radius 2 is 1.73 bits per heavy atom. The van der Waals surface area contributed by atoms with Gasteiger partial charge < -0.3 is 0 Å². The summed E-state index contributed by atoms with van der Waals surface area (Å²) in [4.78, 5) is 17.2. The molecule has 152 valence electrons. The van der Waals surface area contributed by atoms with Crippen molar-refractivity contribution in [2.45, 2.75) is 18.7 Å². The minimum atomic E-state index is -3.82. The third-order valence-electron chi connectivity index (χ3n) is 4.48. The number of sulfonamides is 1. The van der Waals surface area contributed by atoms with Gasteiger partial charge in [-0.3, -0.25) is 14.8 Å². The maximum Gasteiger partial charge on any atom is 0.261 e. The fourth-order valence-electron chi connectivity index (χ4n) is 3.12. The van der Waals surface area contributed by atoms with Gasteiger partial charge in [0.25, 0.3) is 15.9 Å². The maximum absolute atomic E-state index is 12.7. The van der Waals surface area contributed by atoms with E-state index in [2.05, 4.69) is 15.0 Å². The molecule has 0 aliphatic heterocycles. The lowest BCUT2D eigenvalue weighted by Gasteiger charge is -2.09. The maximum atomic E-state index is 12.7. The highest BCUT2D eigenvalue weighted by Gasteiger charge is 2.17. The Balaban J connectivity index is 1.58. The molecule has 4 rings (SSSR count). The molecule has 0 saturated heterocycles. The van der Waals surface area contributed by atoms with Crippen LogP contribution in [0.1, 0.15) is 21.5 Å². The van der Waals surface area contributed by atoms with Crippen LogP contribution in [0, 0.1) is 13.8 Å². The molecule has 30 heavy (non-hydrogen) atoms. The van der Waals surface area contributed by atoms with Gasteiger partial charge in [0, 0.05) is 11.3 Å². The van der Waals surface area contributed by atoms with E-state index < -0.39 is 15.9 Å². The minimum absolute atomic E-state index is 0.00905. The molecule has 0 aliphatic rings. The van der Waals surface area contributed by atoms with Crippen molar-refractivity contribution in [2.24, 2.45) is 0 Å². The fraction of sp³-hybridized carbons (Fsp3) is 0.0909. The van der Waals surface area contributed by atoms with Gasteiger partial charge in [-0.1, -0.05) is 41.7 Å². The van der Waals surface area contributed by atoms with Gasteiger partial charge in [0.1, 0.15) is 0 Å². The molecule has 1 aromatic heterocycles. The van der Waals surface area contributed by atoms with Crippen LogP contribution in [0.4, 0.5) is 10.8 Å². The standard InChI is InChI=1S/C22H19N3O3S2/c1-14-11-15(2)20-19(12-14)29-22(23-20)24-21(26)16-7-6-10-18(13-16)30(27,28)25-17-8-4-3-5-9-17/h3-13,25H,1-2H3,(H,23,24,26). The summed E-state index contributed by atoms with van der Waals surface area (Å²) in [5.74, 6) is -0.416. The van der Waals surface area contributed by atoms with Gasteiger partial charge in [0.2, 0.25) is 0 Å². The zero-order chi connectivity index (χ0) is 21.3. The first-order valence-electron chi connectivity index (χ1n) is 9.19. The number of fused-ring (bicyclic) bond motifs is 1. The summed E-state index contributed by atoms with van der Waals surface area (Å²) < 4.78 is 28.8. The van der Waals surface area contributed by atoms with Crippen LogP contribution in [-0.2, 0) is 10.0 Å². The van der Waals surface area contributed by atoms with Crippen LogP contribution in [0.5, 0.6) is 0 Å². The number of amides is 1. The number of nitrogens with one attached hydrogen (secondary N) is 2. The number of anilines is 2. The Morgan fingerprint density at radius 3 is 2.50 bits per heavy atom. The van der Waals surface area contributed by atoms with E-state index in [9.17, 15) is 13.2 Å². The highest BCUT2D eigenvalue weighted by molar-refractivity contribution is 7.92. The lowest BCUT2D eigenvalue weighted by Crippen LogP contribution is -2.15. The number of thiazole rings is 1. The largest absolute Gasteiger partial charge is 0.298 e. The Kier molecular flexibility index (Phi) is 5.27. The van der Waals surface area contributed by atoms with Gasteiger partial charge in [-0.05, 0) is 61.4 Å². The van der Waals surface area contributed by atoms with Crippen LogP contribution in [0.25, 0.3) is 10.2 Å². The van der Waals surface area contributed by atoms with Crippen LogP contribution in [0.2, 0.25) is 0 Å². The van der Waals surface area contributed by atoms with Crippen molar-refractivity contribution in [1.29, 1.82) is 0 Å². The highest BCUT2D eigenvalue weighted by atomic mass is 32.2. The Bertz CT molecular complexity index is 1350. The predicted molar refractivity (Wildman–Crippen MR) is 121 cm³/mol. The molecule has 4 aromatic rings. The van der Waals surface area contributed by atoms with Crippen LogP contribution >= 0.6 is 11.3 Å². The number of rotatable bonds is 5. The Labute approximate surface area is 178 Å². The third-order valence-corrected chi connectivity index (χ3v) is 6.78. The molecule has 1 heterocycles. The van der Waals surface area contributed by atoms with E-state index in [-0.39, 0.29) is 10.5 Å². The molecule has 0 bridgehead atoms. The summed E-state index contributed by atoms with van der Waals surface area (Å²) in [5.41, 5.74) is 3.71. The summed E-state index contributed by atoms with van der Waals surface area (Å²) in [6.07, 6.45) is 0. The molecule has 3 aromatic carbocycles. The molecule has 0 unspecified atom stereocenters. The number of aromatic nitrogens is 1. The molecular formula is C22H19N3O3S2. The summed E-state index contributed by atoms with van der Waals surface area (Å²) >= 11 is 1.39. The number of nitrogens with zero attached hydrogens (tertiary/aromatic N) is 1. The number of para-hydroxylation sites is 1. The SMILES string of the molecule is Cc1cc(C)c2nc(NC(=O)c3cccc(S(=O)(=O)Nc4ccccc4)c3)sc2c1. The summed E-state index contributed by atoms with van der Waals surface area (Å²) in [6.45, 7) is 3.99. The predicted octanol–water partition coefficient (Wildman–Crippen LogP) is 4.97. The number of hydrogen-bond acceptors (Lipinski definition) is 5. The van der Waals surface area contributed by atoms with Gasteiger partial charge in [0.15, 0.2) is 5.13 Å². The summed E-state index contributed by atoms with van der Waals surface area (Å²) in [5, 5.41) is 3.25. The average Bonchev–Trinajstić information content (AvgIpc) is 3.11. The lowest BCUT2D eigenvalue weighted by molar-refractivity contribution is 0.102. The van der Waals surface area contributed by atoms with Crippen LogP contribution in [0.15, 0.2) is 71.6 Å². The molecule has 6 nitrogen and oxygen atoms in total. The van der Waals surface area contributed by atoms with Gasteiger partial charge in [-0.25, -0.2) is 13.4 Å². The quantitative estimate of drug-likeness (QED) is 0.462. The van der Waals surface area contributed by atoms with Crippen molar-refractivity contribution < 1.29 is 13.2 Å². The normalized spacial score (nSPS) is 11.4. The molecule has 0 spiro atoms. The van der Waals surface area contributed by atoms with Crippen LogP contribution < -0.4 is 10.0 Å². The minimum Gasteiger partial charge on any atom is -0.298 e. The van der Waals surface area contributed by atoms with E-state index >= 15 is 0 Å². The number of hydrogen-bond donors (Lipinski definition) is 2. The number of aryl methyl sites for hydroxylation is 2. The van der Waals surface area contributed by atoms with Crippen LogP contribution in [-0.4, -0.2) is 19.3 Å². The molecule has 0 atom stereocenters. The average molecular weight is 438 g/mol. The second kappa shape index (κ2) is 7.89. The third kappa shape index (κ3) is 4.19. The topological polar surface area (TPSA) is 88.2 Å². The van der Waals surface area contributed by atoms with Crippen LogP contribution in [0.3, 0.4) is 0 Å². The zero-order valence-electron chi connectivity index (χ0n) is 16.3. The highest BCUT2D eigenvalue weighted by Crippen LogP contribution is 2.29. The van der Waals surface area contributed by atoms with Crippen molar-refractivity contribution in [3.63, 3.8) is 0 Å². The molecule has 0 fully saturated rings. The van der Waals surface area contributed by atoms with E-state index in [4.69, 9.17) is 0 Å². The van der Waals surface area contributed by atoms with Crippen molar-refractivity contribution in [3.05, 3.63) is 83.4 Å². The van der Waals surface area contributed by atoms with E-state index in [0.717, 1.165) is 21.3 Å². The number of carbonyl (C=O) groups is 1. The fourth-order valence-corrected chi connectivity index (χ4v) is 5.26. The molecule has 2 N–H and O–H groups in total. The second-order valence-corrected chi connectivity index (χ2v) is 9.61. The van der Waals surface area contributed by atoms with Gasteiger partial charge in [-0.15, -0.1) is 0 Å². The molecule has 8 heteroatoms. The Hall–Kier alpha value is -3.23. The second-order valence-electron chi connectivity index (χ2n) is 6.90. The van der Waals surface area contributed by atoms with E-state index in [1.165, 1.54) is 23.5 Å². The monoisotopic (exact) mass is 437 g/mol. The smallest absolute Gasteiger partial charge is 0.261 e. The van der Waals surface area contributed by atoms with E-state index in [1.54, 1.807) is 42.5 Å². The first-order chi connectivity index (χ1) is 14.3. The van der Waals surface area contributed by atoms with Gasteiger partial charge >= 0.3 is 0 Å². The van der Waals surface area contributed by atoms with Crippen molar-refractivity contribution in [1.82, 2.24) is 4.98 Å². The molecule has 1 amide bonds. The molecule has 0 saturated carbocycles. The van der Waals surface area contributed by atoms with E-state index in [1.807, 2.05) is 26.0 Å². The van der Waals surface area contributed by atoms with Gasteiger partial charge in [-0.2, -0.15) is 0 Å². The Morgan fingerprint density at radius 1 is 0.967 bits per heavy atom. The van der Waals surface area contributed by atoms with E-state index in [0.29, 0.717) is 10.8 Å². The zero-order valence-corrected chi connectivity index (χ0v) is 18.0. The molecule has 0 radical (unpaired) electrons. The molecular weight excluding hydrogens is 418 g/mol. The van der Waals surface area contributed by atoms with Crippen molar-refractivity contribution >= 4 is 48.3 Å². The first-order valence-corrected chi connectivity index (χ1v) is 11.5. The molecule has 0 aliphatic carbocycles. The number of benzene rings is 3. The van der Waals surface area contributed by atoms with Gasteiger partial charge in [0.05, 0.1) is 15.1 Å². The summed E-state index contributed by atoms with van der Waals surface area (Å²) in [6, 6.07) is 18.6. The number of carbonyl (C=O) groups excluding carboxylic acids is 1. The summed E-state index contributed by atoms with van der Waals surface area (Å²) in [7, 11) is -3.82. The lowest BCUT2D eigenvalue weighted by atomic mass is 10.1. The van der Waals surface area contributed by atoms with Crippen molar-refractivity contribution in [3.8, 4) is 0 Å².